The highest BCUT2D eigenvalue weighted by molar-refractivity contribution is 6.31. The maximum absolute atomic E-state index is 14.0. The maximum Gasteiger partial charge on any atom is 0.263 e. The van der Waals surface area contributed by atoms with Crippen molar-refractivity contribution in [3.63, 3.8) is 0 Å². The normalized spacial score (nSPS) is 13.6. The van der Waals surface area contributed by atoms with E-state index in [9.17, 15) is 9.18 Å². The van der Waals surface area contributed by atoms with Gasteiger partial charge in [-0.05, 0) is 48.7 Å². The maximum atomic E-state index is 14.0. The molecular weight excluding hydrogens is 419 g/mol. The van der Waals surface area contributed by atoms with Crippen molar-refractivity contribution in [3.05, 3.63) is 70.3 Å². The van der Waals surface area contributed by atoms with Crippen molar-refractivity contribution in [2.24, 2.45) is 0 Å². The first-order valence-corrected chi connectivity index (χ1v) is 10.2. The van der Waals surface area contributed by atoms with Crippen molar-refractivity contribution in [1.29, 1.82) is 0 Å². The fraction of sp³-hybridized carbons (Fsp3) is 0.261. The number of carbonyl (C=O) groups is 1. The monoisotopic (exact) mass is 440 g/mol. The number of aromatic nitrogens is 2. The molecule has 1 aromatic carbocycles. The predicted molar refractivity (Wildman–Crippen MR) is 119 cm³/mol. The third-order valence-electron chi connectivity index (χ3n) is 5.28. The van der Waals surface area contributed by atoms with Crippen LogP contribution in [0, 0.1) is 12.7 Å². The summed E-state index contributed by atoms with van der Waals surface area (Å²) in [6.45, 7) is 6.01. The molecule has 3 heterocycles. The first-order valence-electron chi connectivity index (χ1n) is 9.86. The van der Waals surface area contributed by atoms with Gasteiger partial charge in [0.1, 0.15) is 18.3 Å². The van der Waals surface area contributed by atoms with Crippen molar-refractivity contribution in [2.75, 3.05) is 23.6 Å². The Labute approximate surface area is 185 Å². The van der Waals surface area contributed by atoms with Crippen LogP contribution < -0.4 is 14.5 Å². The zero-order valence-corrected chi connectivity index (χ0v) is 18.4. The summed E-state index contributed by atoms with van der Waals surface area (Å²) in [6.07, 6.45) is 1.51. The van der Waals surface area contributed by atoms with Crippen LogP contribution >= 0.6 is 11.6 Å². The van der Waals surface area contributed by atoms with E-state index in [4.69, 9.17) is 16.3 Å². The third-order valence-corrected chi connectivity index (χ3v) is 5.49. The summed E-state index contributed by atoms with van der Waals surface area (Å²) >= 11 is 6.17. The molecule has 0 saturated carbocycles. The SMILES string of the molecule is COc1ccc(N2CN(c3ccc(F)cc3C(C)C)c3ncc(Cl)cc3C2=O)c(C)n1. The third kappa shape index (κ3) is 3.81. The van der Waals surface area contributed by atoms with Gasteiger partial charge in [-0.2, -0.15) is 0 Å². The summed E-state index contributed by atoms with van der Waals surface area (Å²) in [7, 11) is 1.54. The molecule has 2 aromatic heterocycles. The number of carbonyl (C=O) groups excluding carboxylic acids is 1. The summed E-state index contributed by atoms with van der Waals surface area (Å²) in [4.78, 5) is 25.8. The number of anilines is 3. The Bertz CT molecular complexity index is 1170. The van der Waals surface area contributed by atoms with E-state index in [1.807, 2.05) is 25.7 Å². The van der Waals surface area contributed by atoms with E-state index in [1.54, 1.807) is 36.3 Å². The molecule has 3 aromatic rings. The number of pyridine rings is 2. The van der Waals surface area contributed by atoms with E-state index in [-0.39, 0.29) is 24.3 Å². The minimum absolute atomic E-state index is 0.0666. The molecule has 0 fully saturated rings. The molecule has 1 aliphatic rings. The van der Waals surface area contributed by atoms with E-state index in [0.717, 1.165) is 11.3 Å². The number of rotatable bonds is 4. The minimum Gasteiger partial charge on any atom is -0.481 e. The largest absolute Gasteiger partial charge is 0.481 e. The minimum atomic E-state index is -0.308. The first kappa shape index (κ1) is 21.1. The van der Waals surface area contributed by atoms with Gasteiger partial charge >= 0.3 is 0 Å². The van der Waals surface area contributed by atoms with Crippen molar-refractivity contribution in [2.45, 2.75) is 26.7 Å². The van der Waals surface area contributed by atoms with Gasteiger partial charge in [-0.25, -0.2) is 14.4 Å². The Morgan fingerprint density at radius 1 is 1.13 bits per heavy atom. The predicted octanol–water partition coefficient (Wildman–Crippen LogP) is 5.47. The van der Waals surface area contributed by atoms with Crippen LogP contribution in [0.15, 0.2) is 42.6 Å². The number of fused-ring (bicyclic) bond motifs is 1. The number of halogens is 2. The molecule has 4 rings (SSSR count). The zero-order valence-electron chi connectivity index (χ0n) is 17.7. The fourth-order valence-corrected chi connectivity index (χ4v) is 3.92. The van der Waals surface area contributed by atoms with Crippen molar-refractivity contribution < 1.29 is 13.9 Å². The van der Waals surface area contributed by atoms with Crippen molar-refractivity contribution in [3.8, 4) is 5.88 Å². The zero-order chi connectivity index (χ0) is 22.3. The van der Waals surface area contributed by atoms with Gasteiger partial charge in [-0.1, -0.05) is 25.4 Å². The Morgan fingerprint density at radius 2 is 1.87 bits per heavy atom. The Hall–Kier alpha value is -3.19. The number of benzene rings is 1. The summed E-state index contributed by atoms with van der Waals surface area (Å²) in [5, 5.41) is 0.363. The average molecular weight is 441 g/mol. The molecule has 0 aliphatic carbocycles. The molecule has 31 heavy (non-hydrogen) atoms. The topological polar surface area (TPSA) is 58.6 Å². The van der Waals surface area contributed by atoms with E-state index in [1.165, 1.54) is 18.3 Å². The molecular formula is C23H22ClFN4O2. The Balaban J connectivity index is 1.89. The lowest BCUT2D eigenvalue weighted by Crippen LogP contribution is -2.46. The molecule has 0 N–H and O–H groups in total. The second-order valence-corrected chi connectivity index (χ2v) is 8.08. The highest BCUT2D eigenvalue weighted by Gasteiger charge is 2.34. The number of hydrogen-bond donors (Lipinski definition) is 0. The fourth-order valence-electron chi connectivity index (χ4n) is 3.76. The molecule has 1 amide bonds. The molecule has 0 atom stereocenters. The van der Waals surface area contributed by atoms with Gasteiger partial charge in [0.2, 0.25) is 5.88 Å². The van der Waals surface area contributed by atoms with Gasteiger partial charge in [-0.15, -0.1) is 0 Å². The van der Waals surface area contributed by atoms with Crippen LogP contribution in [0.2, 0.25) is 5.02 Å². The average Bonchev–Trinajstić information content (AvgIpc) is 2.74. The van der Waals surface area contributed by atoms with E-state index >= 15 is 0 Å². The molecule has 0 unspecified atom stereocenters. The Kier molecular flexibility index (Phi) is 5.54. The van der Waals surface area contributed by atoms with Crippen LogP contribution in [0.3, 0.4) is 0 Å². The van der Waals surface area contributed by atoms with E-state index in [2.05, 4.69) is 9.97 Å². The summed E-state index contributed by atoms with van der Waals surface area (Å²) in [6, 6.07) is 9.78. The lowest BCUT2D eigenvalue weighted by Gasteiger charge is -2.38. The number of ether oxygens (including phenoxy) is 1. The Morgan fingerprint density at radius 3 is 2.55 bits per heavy atom. The molecule has 0 spiro atoms. The van der Waals surface area contributed by atoms with Crippen molar-refractivity contribution >= 4 is 34.7 Å². The standard InChI is InChI=1S/C23H22ClFN4O2/c1-13(2)17-10-16(25)5-6-20(17)28-12-29(19-7-8-21(31-4)27-14(19)3)23(30)18-9-15(24)11-26-22(18)28/h5-11,13H,12H2,1-4H3. The molecule has 6 nitrogen and oxygen atoms in total. The summed E-state index contributed by atoms with van der Waals surface area (Å²) in [5.74, 6) is 0.477. The summed E-state index contributed by atoms with van der Waals surface area (Å²) in [5.41, 5.74) is 3.27. The molecule has 0 bridgehead atoms. The van der Waals surface area contributed by atoms with Crippen LogP contribution in [0.25, 0.3) is 0 Å². The molecule has 8 heteroatoms. The van der Waals surface area contributed by atoms with Crippen LogP contribution in [-0.4, -0.2) is 29.7 Å². The lowest BCUT2D eigenvalue weighted by molar-refractivity contribution is 0.0982. The number of hydrogen-bond acceptors (Lipinski definition) is 5. The number of methoxy groups -OCH3 is 1. The number of aryl methyl sites for hydroxylation is 1. The van der Waals surface area contributed by atoms with E-state index < -0.39 is 0 Å². The molecule has 0 saturated heterocycles. The van der Waals surface area contributed by atoms with Crippen LogP contribution in [0.5, 0.6) is 5.88 Å². The molecule has 0 radical (unpaired) electrons. The lowest BCUT2D eigenvalue weighted by atomic mass is 9.99. The second kappa shape index (κ2) is 8.15. The van der Waals surface area contributed by atoms with Crippen LogP contribution in [0.4, 0.5) is 21.6 Å². The first-order chi connectivity index (χ1) is 14.8. The van der Waals surface area contributed by atoms with Crippen LogP contribution in [-0.2, 0) is 0 Å². The molecule has 160 valence electrons. The number of amides is 1. The van der Waals surface area contributed by atoms with Gasteiger partial charge in [0, 0.05) is 18.0 Å². The molecule has 1 aliphatic heterocycles. The number of nitrogens with zero attached hydrogens (tertiary/aromatic N) is 4. The summed E-state index contributed by atoms with van der Waals surface area (Å²) < 4.78 is 19.2. The second-order valence-electron chi connectivity index (χ2n) is 7.64. The smallest absolute Gasteiger partial charge is 0.263 e. The van der Waals surface area contributed by atoms with Gasteiger partial charge < -0.3 is 9.64 Å². The van der Waals surface area contributed by atoms with Gasteiger partial charge in [0.25, 0.3) is 5.91 Å². The highest BCUT2D eigenvalue weighted by Crippen LogP contribution is 2.39. The van der Waals surface area contributed by atoms with Gasteiger partial charge in [0.15, 0.2) is 0 Å². The van der Waals surface area contributed by atoms with E-state index in [0.29, 0.717) is 33.7 Å². The van der Waals surface area contributed by atoms with Crippen LogP contribution in [0.1, 0.15) is 41.4 Å². The van der Waals surface area contributed by atoms with Crippen molar-refractivity contribution in [1.82, 2.24) is 9.97 Å². The quantitative estimate of drug-likeness (QED) is 0.538. The van der Waals surface area contributed by atoms with Gasteiger partial charge in [0.05, 0.1) is 29.1 Å². The highest BCUT2D eigenvalue weighted by atomic mass is 35.5. The van der Waals surface area contributed by atoms with Gasteiger partial charge in [-0.3, -0.25) is 9.69 Å².